The van der Waals surface area contributed by atoms with Gasteiger partial charge in [-0.2, -0.15) is 4.98 Å². The molecule has 2 N–H and O–H groups in total. The zero-order valence-electron chi connectivity index (χ0n) is 15.3. The van der Waals surface area contributed by atoms with E-state index in [1.54, 1.807) is 18.5 Å². The van der Waals surface area contributed by atoms with Gasteiger partial charge in [0.25, 0.3) is 5.89 Å². The molecule has 1 aliphatic heterocycles. The number of aromatic nitrogens is 4. The van der Waals surface area contributed by atoms with Gasteiger partial charge in [0.05, 0.1) is 11.9 Å². The van der Waals surface area contributed by atoms with Crippen molar-refractivity contribution >= 4 is 17.5 Å². The first kappa shape index (κ1) is 17.9. The van der Waals surface area contributed by atoms with Crippen molar-refractivity contribution in [3.8, 4) is 11.6 Å². The number of hydrogen-bond acceptors (Lipinski definition) is 7. The van der Waals surface area contributed by atoms with Gasteiger partial charge in [-0.3, -0.25) is 4.98 Å². The summed E-state index contributed by atoms with van der Waals surface area (Å²) in [6.45, 7) is 2.46. The molecule has 2 amide bonds. The molecule has 3 aromatic heterocycles. The van der Waals surface area contributed by atoms with Crippen LogP contribution >= 0.6 is 0 Å². The van der Waals surface area contributed by atoms with Crippen molar-refractivity contribution in [3.05, 3.63) is 48.5 Å². The Bertz CT molecular complexity index is 906. The van der Waals surface area contributed by atoms with Gasteiger partial charge in [-0.05, 0) is 37.1 Å². The maximum absolute atomic E-state index is 12.0. The molecule has 144 valence electrons. The summed E-state index contributed by atoms with van der Waals surface area (Å²) in [5.74, 6) is 1.83. The number of urea groups is 1. The number of pyridine rings is 2. The van der Waals surface area contributed by atoms with Crippen LogP contribution in [0.15, 0.2) is 47.2 Å². The molecule has 9 nitrogen and oxygen atoms in total. The molecule has 0 aromatic carbocycles. The summed E-state index contributed by atoms with van der Waals surface area (Å²) in [6.07, 6.45) is 6.20. The first-order valence-corrected chi connectivity index (χ1v) is 9.28. The fraction of sp³-hybridized carbons (Fsp3) is 0.316. The molecule has 1 saturated heterocycles. The third-order valence-electron chi connectivity index (χ3n) is 4.42. The van der Waals surface area contributed by atoms with E-state index in [0.717, 1.165) is 18.9 Å². The average Bonchev–Trinajstić information content (AvgIpc) is 3.42. The zero-order chi connectivity index (χ0) is 19.2. The predicted octanol–water partition coefficient (Wildman–Crippen LogP) is 2.49. The molecule has 0 atom stereocenters. The number of nitrogens with one attached hydrogen (secondary N) is 2. The molecule has 1 aliphatic rings. The topological polar surface area (TPSA) is 109 Å². The molecule has 0 radical (unpaired) electrons. The quantitative estimate of drug-likeness (QED) is 0.677. The van der Waals surface area contributed by atoms with Crippen molar-refractivity contribution < 1.29 is 9.32 Å². The van der Waals surface area contributed by atoms with Crippen LogP contribution < -0.4 is 15.5 Å². The first-order chi connectivity index (χ1) is 13.8. The van der Waals surface area contributed by atoms with Crippen LogP contribution in [0.5, 0.6) is 0 Å². The second-order valence-electron chi connectivity index (χ2n) is 6.46. The van der Waals surface area contributed by atoms with Crippen molar-refractivity contribution in [2.75, 3.05) is 29.9 Å². The number of carbonyl (C=O) groups excluding carboxylic acids is 1. The van der Waals surface area contributed by atoms with Gasteiger partial charge < -0.3 is 20.1 Å². The van der Waals surface area contributed by atoms with Crippen LogP contribution in [0.3, 0.4) is 0 Å². The van der Waals surface area contributed by atoms with Gasteiger partial charge in [0, 0.05) is 32.3 Å². The van der Waals surface area contributed by atoms with Gasteiger partial charge in [-0.25, -0.2) is 9.78 Å². The Morgan fingerprint density at radius 3 is 2.79 bits per heavy atom. The van der Waals surface area contributed by atoms with Crippen molar-refractivity contribution in [2.45, 2.75) is 19.3 Å². The summed E-state index contributed by atoms with van der Waals surface area (Å²) in [5, 5.41) is 9.45. The second-order valence-corrected chi connectivity index (χ2v) is 6.46. The lowest BCUT2D eigenvalue weighted by molar-refractivity contribution is 0.252. The van der Waals surface area contributed by atoms with Crippen LogP contribution in [0.1, 0.15) is 18.7 Å². The first-order valence-electron chi connectivity index (χ1n) is 9.28. The van der Waals surface area contributed by atoms with E-state index in [0.29, 0.717) is 36.1 Å². The van der Waals surface area contributed by atoms with E-state index < -0.39 is 0 Å². The minimum Gasteiger partial charge on any atom is -0.357 e. The summed E-state index contributed by atoms with van der Waals surface area (Å²) in [5.41, 5.74) is 1.27. The normalized spacial score (nSPS) is 13.5. The van der Waals surface area contributed by atoms with Crippen molar-refractivity contribution in [2.24, 2.45) is 0 Å². The third kappa shape index (κ3) is 4.43. The van der Waals surface area contributed by atoms with Crippen molar-refractivity contribution in [3.63, 3.8) is 0 Å². The predicted molar refractivity (Wildman–Crippen MR) is 104 cm³/mol. The molecule has 0 unspecified atom stereocenters. The summed E-state index contributed by atoms with van der Waals surface area (Å²) >= 11 is 0. The van der Waals surface area contributed by atoms with E-state index in [4.69, 9.17) is 4.52 Å². The Labute approximate surface area is 162 Å². The summed E-state index contributed by atoms with van der Waals surface area (Å²) < 4.78 is 5.19. The maximum atomic E-state index is 12.0. The van der Waals surface area contributed by atoms with Gasteiger partial charge in [0.1, 0.15) is 11.5 Å². The average molecular weight is 379 g/mol. The van der Waals surface area contributed by atoms with E-state index in [1.165, 1.54) is 12.8 Å². The highest BCUT2D eigenvalue weighted by atomic mass is 16.5. The SMILES string of the molecule is O=C(NCCc1noc(-c2ccccn2)n1)Nc1ccc(N2CCCC2)nc1. The van der Waals surface area contributed by atoms with Gasteiger partial charge in [-0.1, -0.05) is 11.2 Å². The molecule has 9 heteroatoms. The molecule has 1 fully saturated rings. The van der Waals surface area contributed by atoms with E-state index in [2.05, 4.69) is 35.6 Å². The highest BCUT2D eigenvalue weighted by Gasteiger charge is 2.13. The van der Waals surface area contributed by atoms with Crippen molar-refractivity contribution in [1.82, 2.24) is 25.4 Å². The highest BCUT2D eigenvalue weighted by Crippen LogP contribution is 2.19. The van der Waals surface area contributed by atoms with Gasteiger partial charge in [-0.15, -0.1) is 0 Å². The fourth-order valence-corrected chi connectivity index (χ4v) is 3.01. The van der Waals surface area contributed by atoms with E-state index in [9.17, 15) is 4.79 Å². The lowest BCUT2D eigenvalue weighted by Gasteiger charge is -2.16. The van der Waals surface area contributed by atoms with Crippen LogP contribution in [-0.4, -0.2) is 45.8 Å². The molecule has 28 heavy (non-hydrogen) atoms. The third-order valence-corrected chi connectivity index (χ3v) is 4.42. The zero-order valence-corrected chi connectivity index (χ0v) is 15.3. The number of nitrogens with zero attached hydrogens (tertiary/aromatic N) is 5. The molecule has 4 rings (SSSR count). The molecule has 0 bridgehead atoms. The smallest absolute Gasteiger partial charge is 0.319 e. The van der Waals surface area contributed by atoms with Crippen molar-refractivity contribution in [1.29, 1.82) is 0 Å². The lowest BCUT2D eigenvalue weighted by Crippen LogP contribution is -2.30. The Morgan fingerprint density at radius 1 is 1.14 bits per heavy atom. The maximum Gasteiger partial charge on any atom is 0.319 e. The molecular weight excluding hydrogens is 358 g/mol. The molecule has 0 spiro atoms. The molecule has 0 aliphatic carbocycles. The number of hydrogen-bond donors (Lipinski definition) is 2. The van der Waals surface area contributed by atoms with Crippen LogP contribution in [0, 0.1) is 0 Å². The summed E-state index contributed by atoms with van der Waals surface area (Å²) in [6, 6.07) is 8.96. The minimum atomic E-state index is -0.302. The van der Waals surface area contributed by atoms with E-state index in [1.807, 2.05) is 24.3 Å². The van der Waals surface area contributed by atoms with Gasteiger partial charge in [0.15, 0.2) is 5.82 Å². The number of anilines is 2. The van der Waals surface area contributed by atoms with E-state index >= 15 is 0 Å². The molecule has 0 saturated carbocycles. The molecule has 3 aromatic rings. The monoisotopic (exact) mass is 379 g/mol. The lowest BCUT2D eigenvalue weighted by atomic mass is 10.3. The van der Waals surface area contributed by atoms with E-state index in [-0.39, 0.29) is 6.03 Å². The number of carbonyl (C=O) groups is 1. The van der Waals surface area contributed by atoms with Gasteiger partial charge >= 0.3 is 6.03 Å². The minimum absolute atomic E-state index is 0.302. The number of amides is 2. The Balaban J connectivity index is 1.23. The standard InChI is InChI=1S/C19H21N7O2/c27-19(23-14-6-7-17(22-13-14)26-11-3-4-12-26)21-10-8-16-24-18(28-25-16)15-5-1-2-9-20-15/h1-2,5-7,9,13H,3-4,8,10-12H2,(H2,21,23,27). The largest absolute Gasteiger partial charge is 0.357 e. The highest BCUT2D eigenvalue weighted by molar-refractivity contribution is 5.89. The number of rotatable bonds is 6. The molecular formula is C19H21N7O2. The van der Waals surface area contributed by atoms with Gasteiger partial charge in [0.2, 0.25) is 0 Å². The Hall–Kier alpha value is -3.49. The summed E-state index contributed by atoms with van der Waals surface area (Å²) in [4.78, 5) is 27.1. The van der Waals surface area contributed by atoms with Crippen LogP contribution in [0.2, 0.25) is 0 Å². The summed E-state index contributed by atoms with van der Waals surface area (Å²) in [7, 11) is 0. The Kier molecular flexibility index (Phi) is 5.41. The second kappa shape index (κ2) is 8.47. The molecule has 4 heterocycles. The van der Waals surface area contributed by atoms with Crippen LogP contribution in [-0.2, 0) is 6.42 Å². The fourth-order valence-electron chi connectivity index (χ4n) is 3.01. The Morgan fingerprint density at radius 2 is 2.04 bits per heavy atom. The van der Waals surface area contributed by atoms with Crippen LogP contribution in [0.25, 0.3) is 11.6 Å². The van der Waals surface area contributed by atoms with Crippen LogP contribution in [0.4, 0.5) is 16.3 Å².